The van der Waals surface area contributed by atoms with Gasteiger partial charge < -0.3 is 20.1 Å². The molecule has 0 bridgehead atoms. The lowest BCUT2D eigenvalue weighted by Crippen LogP contribution is -2.42. The Morgan fingerprint density at radius 2 is 1.89 bits per heavy atom. The predicted molar refractivity (Wildman–Crippen MR) is 96.9 cm³/mol. The summed E-state index contributed by atoms with van der Waals surface area (Å²) in [5.41, 5.74) is 0.506. The van der Waals surface area contributed by atoms with E-state index in [1.807, 2.05) is 0 Å². The molecule has 8 nitrogen and oxygen atoms in total. The van der Waals surface area contributed by atoms with Gasteiger partial charge >= 0.3 is 5.97 Å². The molecule has 0 spiro atoms. The van der Waals surface area contributed by atoms with Gasteiger partial charge in [0.1, 0.15) is 0 Å². The van der Waals surface area contributed by atoms with Crippen molar-refractivity contribution in [1.82, 2.24) is 15.1 Å². The molecule has 1 aromatic carbocycles. The third-order valence-electron chi connectivity index (χ3n) is 5.04. The molecular formula is C19H25N3O5. The topological polar surface area (TPSA) is 99.2 Å². The van der Waals surface area contributed by atoms with Gasteiger partial charge in [0.05, 0.1) is 19.1 Å². The third-order valence-corrected chi connectivity index (χ3v) is 5.04. The molecule has 0 aromatic heterocycles. The summed E-state index contributed by atoms with van der Waals surface area (Å²) in [6.07, 6.45) is 0.121. The van der Waals surface area contributed by atoms with Crippen molar-refractivity contribution in [2.24, 2.45) is 5.92 Å². The molecule has 2 saturated heterocycles. The number of carbonyl (C=O) groups excluding carboxylic acids is 2. The molecule has 0 saturated carbocycles. The summed E-state index contributed by atoms with van der Waals surface area (Å²) in [6.45, 7) is 4.77. The van der Waals surface area contributed by atoms with Gasteiger partial charge in [-0.05, 0) is 5.56 Å². The Morgan fingerprint density at radius 1 is 1.19 bits per heavy atom. The molecule has 2 aliphatic rings. The fourth-order valence-electron chi connectivity index (χ4n) is 3.44. The largest absolute Gasteiger partial charge is 0.479 e. The van der Waals surface area contributed by atoms with E-state index in [4.69, 9.17) is 4.74 Å². The van der Waals surface area contributed by atoms with Crippen LogP contribution in [0.2, 0.25) is 0 Å². The maximum absolute atomic E-state index is 12.6. The number of ether oxygens (including phenoxy) is 1. The summed E-state index contributed by atoms with van der Waals surface area (Å²) < 4.78 is 5.31. The lowest BCUT2D eigenvalue weighted by molar-refractivity contribution is -0.142. The summed E-state index contributed by atoms with van der Waals surface area (Å²) in [5, 5.41) is 12.0. The number of hydrogen-bond donors (Lipinski definition) is 2. The number of carbonyl (C=O) groups is 3. The SMILES string of the molecule is O=C(N[C@@H](C(=O)O)c1ccccc1)C1CC(=O)N(CCN2CCOCC2)C1. The van der Waals surface area contributed by atoms with Gasteiger partial charge in [-0.15, -0.1) is 0 Å². The van der Waals surface area contributed by atoms with Crippen LogP contribution in [0.25, 0.3) is 0 Å². The zero-order chi connectivity index (χ0) is 19.2. The molecule has 1 unspecified atom stereocenters. The van der Waals surface area contributed by atoms with E-state index < -0.39 is 23.8 Å². The van der Waals surface area contributed by atoms with Gasteiger partial charge in [0.2, 0.25) is 11.8 Å². The first kappa shape index (κ1) is 19.3. The second-order valence-electron chi connectivity index (χ2n) is 6.89. The van der Waals surface area contributed by atoms with Crippen molar-refractivity contribution in [3.05, 3.63) is 35.9 Å². The molecule has 27 heavy (non-hydrogen) atoms. The first-order chi connectivity index (χ1) is 13.0. The van der Waals surface area contributed by atoms with E-state index >= 15 is 0 Å². The normalized spacial score (nSPS) is 21.9. The number of benzene rings is 1. The summed E-state index contributed by atoms with van der Waals surface area (Å²) in [5.74, 6) is -2.10. The van der Waals surface area contributed by atoms with Crippen LogP contribution in [0.4, 0.5) is 0 Å². The fraction of sp³-hybridized carbons (Fsp3) is 0.526. The lowest BCUT2D eigenvalue weighted by Gasteiger charge is -2.28. The van der Waals surface area contributed by atoms with Gasteiger partial charge in [-0.1, -0.05) is 30.3 Å². The number of carboxylic acid groups (broad SMARTS) is 1. The molecule has 2 atom stereocenters. The van der Waals surface area contributed by atoms with Crippen LogP contribution in [0.5, 0.6) is 0 Å². The van der Waals surface area contributed by atoms with Crippen molar-refractivity contribution in [3.8, 4) is 0 Å². The molecule has 0 aliphatic carbocycles. The van der Waals surface area contributed by atoms with Crippen LogP contribution in [0.15, 0.2) is 30.3 Å². The van der Waals surface area contributed by atoms with Gasteiger partial charge in [-0.2, -0.15) is 0 Å². The highest BCUT2D eigenvalue weighted by molar-refractivity contribution is 5.91. The third kappa shape index (κ3) is 5.05. The zero-order valence-corrected chi connectivity index (χ0v) is 15.2. The molecule has 3 rings (SSSR count). The average molecular weight is 375 g/mol. The Kier molecular flexibility index (Phi) is 6.41. The lowest BCUT2D eigenvalue weighted by atomic mass is 10.0. The van der Waals surface area contributed by atoms with Gasteiger partial charge in [0.15, 0.2) is 6.04 Å². The molecule has 2 amide bonds. The highest BCUT2D eigenvalue weighted by atomic mass is 16.5. The van der Waals surface area contributed by atoms with E-state index in [0.717, 1.165) is 19.6 Å². The van der Waals surface area contributed by atoms with Crippen molar-refractivity contribution in [2.75, 3.05) is 45.9 Å². The molecule has 2 fully saturated rings. The van der Waals surface area contributed by atoms with Gasteiger partial charge in [0, 0.05) is 39.1 Å². The minimum atomic E-state index is -1.12. The van der Waals surface area contributed by atoms with E-state index in [-0.39, 0.29) is 12.3 Å². The Morgan fingerprint density at radius 3 is 2.56 bits per heavy atom. The van der Waals surface area contributed by atoms with Gasteiger partial charge in [-0.3, -0.25) is 14.5 Å². The highest BCUT2D eigenvalue weighted by Crippen LogP contribution is 2.20. The smallest absolute Gasteiger partial charge is 0.330 e. The van der Waals surface area contributed by atoms with Gasteiger partial charge in [0.25, 0.3) is 0 Å². The first-order valence-electron chi connectivity index (χ1n) is 9.20. The first-order valence-corrected chi connectivity index (χ1v) is 9.20. The zero-order valence-electron chi connectivity index (χ0n) is 15.2. The molecular weight excluding hydrogens is 350 g/mol. The van der Waals surface area contributed by atoms with Crippen LogP contribution in [-0.2, 0) is 19.1 Å². The van der Waals surface area contributed by atoms with Crippen LogP contribution in [-0.4, -0.2) is 78.6 Å². The molecule has 2 N–H and O–H groups in total. The molecule has 1 aromatic rings. The molecule has 2 aliphatic heterocycles. The Labute approximate surface area is 158 Å². The number of nitrogens with zero attached hydrogens (tertiary/aromatic N) is 2. The van der Waals surface area contributed by atoms with Crippen LogP contribution in [0.3, 0.4) is 0 Å². The number of likely N-dealkylation sites (tertiary alicyclic amines) is 1. The quantitative estimate of drug-likeness (QED) is 0.702. The number of carboxylic acids is 1. The molecule has 8 heteroatoms. The number of hydrogen-bond acceptors (Lipinski definition) is 5. The van der Waals surface area contributed by atoms with Crippen LogP contribution < -0.4 is 5.32 Å². The van der Waals surface area contributed by atoms with E-state index in [1.165, 1.54) is 0 Å². The number of amides is 2. The second kappa shape index (κ2) is 8.96. The van der Waals surface area contributed by atoms with Gasteiger partial charge in [-0.25, -0.2) is 4.79 Å². The second-order valence-corrected chi connectivity index (χ2v) is 6.89. The van der Waals surface area contributed by atoms with Crippen molar-refractivity contribution >= 4 is 17.8 Å². The minimum absolute atomic E-state index is 0.0602. The van der Waals surface area contributed by atoms with Crippen molar-refractivity contribution < 1.29 is 24.2 Å². The van der Waals surface area contributed by atoms with E-state index in [0.29, 0.717) is 31.9 Å². The van der Waals surface area contributed by atoms with Crippen LogP contribution in [0.1, 0.15) is 18.0 Å². The fourth-order valence-corrected chi connectivity index (χ4v) is 3.44. The number of rotatable bonds is 7. The summed E-state index contributed by atoms with van der Waals surface area (Å²) in [4.78, 5) is 40.3. The monoisotopic (exact) mass is 375 g/mol. The highest BCUT2D eigenvalue weighted by Gasteiger charge is 2.36. The maximum Gasteiger partial charge on any atom is 0.330 e. The van der Waals surface area contributed by atoms with Crippen LogP contribution >= 0.6 is 0 Å². The average Bonchev–Trinajstić information content (AvgIpc) is 3.06. The predicted octanol–water partition coefficient (Wildman–Crippen LogP) is 0.109. The van der Waals surface area contributed by atoms with Crippen LogP contribution in [0, 0.1) is 5.92 Å². The van der Waals surface area contributed by atoms with E-state index in [9.17, 15) is 19.5 Å². The molecule has 0 radical (unpaired) electrons. The standard InChI is InChI=1S/C19H25N3O5/c23-16-12-15(13-22(16)7-6-21-8-10-27-11-9-21)18(24)20-17(19(25)26)14-4-2-1-3-5-14/h1-5,15,17H,6-13H2,(H,20,24)(H,25,26)/t15?,17-/m1/s1. The summed E-state index contributed by atoms with van der Waals surface area (Å²) in [7, 11) is 0. The molecule has 146 valence electrons. The Balaban J connectivity index is 1.54. The number of aliphatic carboxylic acids is 1. The Bertz CT molecular complexity index is 675. The minimum Gasteiger partial charge on any atom is -0.479 e. The van der Waals surface area contributed by atoms with E-state index in [1.54, 1.807) is 35.2 Å². The number of morpholine rings is 1. The van der Waals surface area contributed by atoms with Crippen molar-refractivity contribution in [1.29, 1.82) is 0 Å². The van der Waals surface area contributed by atoms with Crippen molar-refractivity contribution in [3.63, 3.8) is 0 Å². The number of nitrogens with one attached hydrogen (secondary N) is 1. The summed E-state index contributed by atoms with van der Waals surface area (Å²) >= 11 is 0. The Hall–Kier alpha value is -2.45. The van der Waals surface area contributed by atoms with Crippen molar-refractivity contribution in [2.45, 2.75) is 12.5 Å². The molecule has 2 heterocycles. The maximum atomic E-state index is 12.6. The summed E-state index contributed by atoms with van der Waals surface area (Å²) in [6, 6.07) is 7.44. The van der Waals surface area contributed by atoms with E-state index in [2.05, 4.69) is 10.2 Å².